The summed E-state index contributed by atoms with van der Waals surface area (Å²) in [6, 6.07) is -0.0424. The molecule has 6 nitrogen and oxygen atoms in total. The van der Waals surface area contributed by atoms with E-state index in [0.29, 0.717) is 13.1 Å². The average molecular weight is 269 g/mol. The highest BCUT2D eigenvalue weighted by Crippen LogP contribution is 2.25. The highest BCUT2D eigenvalue weighted by atomic mass is 16.4. The SMILES string of the molecule is NC1CCCN(C(=O)N(CC(=O)O)C2CCCC2)C1. The third-order valence-electron chi connectivity index (χ3n) is 4.05. The predicted molar refractivity (Wildman–Crippen MR) is 70.8 cm³/mol. The molecule has 1 atom stereocenters. The Bertz CT molecular complexity index is 342. The fraction of sp³-hybridized carbons (Fsp3) is 0.846. The number of piperidine rings is 1. The van der Waals surface area contributed by atoms with Crippen LogP contribution in [-0.4, -0.2) is 58.6 Å². The van der Waals surface area contributed by atoms with Gasteiger partial charge in [0.15, 0.2) is 0 Å². The van der Waals surface area contributed by atoms with Crippen LogP contribution in [0.15, 0.2) is 0 Å². The second-order valence-electron chi connectivity index (χ2n) is 5.59. The second kappa shape index (κ2) is 6.23. The lowest BCUT2D eigenvalue weighted by Gasteiger charge is -2.37. The highest BCUT2D eigenvalue weighted by Gasteiger charge is 2.32. The molecule has 0 bridgehead atoms. The number of hydrogen-bond donors (Lipinski definition) is 2. The van der Waals surface area contributed by atoms with Crippen LogP contribution < -0.4 is 5.73 Å². The van der Waals surface area contributed by atoms with E-state index in [0.717, 1.165) is 38.5 Å². The van der Waals surface area contributed by atoms with Crippen LogP contribution in [0.1, 0.15) is 38.5 Å². The third-order valence-corrected chi connectivity index (χ3v) is 4.05. The van der Waals surface area contributed by atoms with E-state index in [1.807, 2.05) is 0 Å². The van der Waals surface area contributed by atoms with Crippen LogP contribution in [0.5, 0.6) is 0 Å². The molecule has 0 radical (unpaired) electrons. The van der Waals surface area contributed by atoms with E-state index in [2.05, 4.69) is 0 Å². The minimum absolute atomic E-state index is 0.0213. The van der Waals surface area contributed by atoms with Crippen LogP contribution in [0, 0.1) is 0 Å². The van der Waals surface area contributed by atoms with Crippen molar-refractivity contribution in [3.8, 4) is 0 Å². The lowest BCUT2D eigenvalue weighted by atomic mass is 10.1. The topological polar surface area (TPSA) is 86.9 Å². The van der Waals surface area contributed by atoms with Crippen molar-refractivity contribution in [1.82, 2.24) is 9.80 Å². The number of amides is 2. The van der Waals surface area contributed by atoms with E-state index < -0.39 is 5.97 Å². The Kier molecular flexibility index (Phi) is 4.63. The van der Waals surface area contributed by atoms with Gasteiger partial charge in [-0.15, -0.1) is 0 Å². The van der Waals surface area contributed by atoms with Crippen LogP contribution >= 0.6 is 0 Å². The summed E-state index contributed by atoms with van der Waals surface area (Å²) in [7, 11) is 0. The molecule has 0 aromatic rings. The predicted octanol–water partition coefficient (Wildman–Crippen LogP) is 0.859. The van der Waals surface area contributed by atoms with E-state index in [1.165, 1.54) is 4.90 Å². The normalized spacial score (nSPS) is 24.5. The first kappa shape index (κ1) is 14.1. The molecule has 19 heavy (non-hydrogen) atoms. The van der Waals surface area contributed by atoms with Gasteiger partial charge in [0.2, 0.25) is 0 Å². The van der Waals surface area contributed by atoms with E-state index in [4.69, 9.17) is 10.8 Å². The number of carbonyl (C=O) groups excluding carboxylic acids is 1. The van der Waals surface area contributed by atoms with Gasteiger partial charge in [0.25, 0.3) is 0 Å². The molecule has 0 aromatic carbocycles. The smallest absolute Gasteiger partial charge is 0.323 e. The number of nitrogens with two attached hydrogens (primary N) is 1. The van der Waals surface area contributed by atoms with Gasteiger partial charge < -0.3 is 20.6 Å². The van der Waals surface area contributed by atoms with Crippen molar-refractivity contribution in [2.75, 3.05) is 19.6 Å². The van der Waals surface area contributed by atoms with Gasteiger partial charge in [-0.05, 0) is 25.7 Å². The van der Waals surface area contributed by atoms with Gasteiger partial charge in [-0.2, -0.15) is 0 Å². The van der Waals surface area contributed by atoms with Gasteiger partial charge in [-0.3, -0.25) is 4.79 Å². The number of hydrogen-bond acceptors (Lipinski definition) is 3. The van der Waals surface area contributed by atoms with Crippen molar-refractivity contribution in [3.05, 3.63) is 0 Å². The lowest BCUT2D eigenvalue weighted by Crippen LogP contribution is -2.54. The molecule has 1 aliphatic heterocycles. The Labute approximate surface area is 113 Å². The Morgan fingerprint density at radius 1 is 1.21 bits per heavy atom. The molecule has 1 unspecified atom stereocenters. The molecule has 2 rings (SSSR count). The number of carboxylic acid groups (broad SMARTS) is 1. The number of rotatable bonds is 3. The summed E-state index contributed by atoms with van der Waals surface area (Å²) >= 11 is 0. The highest BCUT2D eigenvalue weighted by molar-refractivity contribution is 5.80. The minimum Gasteiger partial charge on any atom is -0.480 e. The fourth-order valence-electron chi connectivity index (χ4n) is 3.08. The second-order valence-corrected chi connectivity index (χ2v) is 5.59. The van der Waals surface area contributed by atoms with Crippen LogP contribution in [0.3, 0.4) is 0 Å². The first-order chi connectivity index (χ1) is 9.08. The lowest BCUT2D eigenvalue weighted by molar-refractivity contribution is -0.138. The zero-order chi connectivity index (χ0) is 13.8. The van der Waals surface area contributed by atoms with Gasteiger partial charge in [0, 0.05) is 25.2 Å². The summed E-state index contributed by atoms with van der Waals surface area (Å²) in [5, 5.41) is 9.01. The molecule has 1 aliphatic carbocycles. The summed E-state index contributed by atoms with van der Waals surface area (Å²) in [5.74, 6) is -0.943. The fourth-order valence-corrected chi connectivity index (χ4v) is 3.08. The Balaban J connectivity index is 2.03. The number of carbonyl (C=O) groups is 2. The standard InChI is InChI=1S/C13H23N3O3/c14-10-4-3-7-15(8-10)13(19)16(9-12(17)18)11-5-1-2-6-11/h10-11H,1-9,14H2,(H,17,18). The Morgan fingerprint density at radius 2 is 1.89 bits per heavy atom. The minimum atomic E-state index is -0.943. The van der Waals surface area contributed by atoms with Crippen molar-refractivity contribution in [3.63, 3.8) is 0 Å². The summed E-state index contributed by atoms with van der Waals surface area (Å²) < 4.78 is 0. The summed E-state index contributed by atoms with van der Waals surface area (Å²) in [5.41, 5.74) is 5.89. The monoisotopic (exact) mass is 269 g/mol. The first-order valence-corrected chi connectivity index (χ1v) is 7.11. The number of likely N-dealkylation sites (tertiary alicyclic amines) is 1. The van der Waals surface area contributed by atoms with E-state index >= 15 is 0 Å². The molecule has 1 saturated heterocycles. The summed E-state index contributed by atoms with van der Waals surface area (Å²) in [4.78, 5) is 26.7. The van der Waals surface area contributed by atoms with Crippen LogP contribution in [0.2, 0.25) is 0 Å². The Hall–Kier alpha value is -1.30. The molecule has 0 spiro atoms. The molecule has 2 aliphatic rings. The third kappa shape index (κ3) is 3.59. The number of carboxylic acids is 1. The maximum absolute atomic E-state index is 12.5. The van der Waals surface area contributed by atoms with Crippen LogP contribution in [0.4, 0.5) is 4.79 Å². The first-order valence-electron chi connectivity index (χ1n) is 7.11. The van der Waals surface area contributed by atoms with E-state index in [-0.39, 0.29) is 24.7 Å². The maximum Gasteiger partial charge on any atom is 0.323 e. The zero-order valence-electron chi connectivity index (χ0n) is 11.3. The van der Waals surface area contributed by atoms with Crippen molar-refractivity contribution in [1.29, 1.82) is 0 Å². The molecule has 6 heteroatoms. The molecule has 0 aromatic heterocycles. The van der Waals surface area contributed by atoms with E-state index in [9.17, 15) is 9.59 Å². The molecule has 108 valence electrons. The van der Waals surface area contributed by atoms with Crippen LogP contribution in [0.25, 0.3) is 0 Å². The maximum atomic E-state index is 12.5. The average Bonchev–Trinajstić information content (AvgIpc) is 2.88. The summed E-state index contributed by atoms with van der Waals surface area (Å²) in [6.07, 6.45) is 5.82. The van der Waals surface area contributed by atoms with Gasteiger partial charge in [-0.1, -0.05) is 12.8 Å². The Morgan fingerprint density at radius 3 is 2.47 bits per heavy atom. The molecule has 2 amide bonds. The van der Waals surface area contributed by atoms with Crippen molar-refractivity contribution in [2.24, 2.45) is 5.73 Å². The number of nitrogens with zero attached hydrogens (tertiary/aromatic N) is 2. The molecule has 3 N–H and O–H groups in total. The van der Waals surface area contributed by atoms with E-state index in [1.54, 1.807) is 4.90 Å². The van der Waals surface area contributed by atoms with Crippen molar-refractivity contribution in [2.45, 2.75) is 50.6 Å². The number of aliphatic carboxylic acids is 1. The largest absolute Gasteiger partial charge is 0.480 e. The molecule has 1 heterocycles. The number of urea groups is 1. The van der Waals surface area contributed by atoms with Gasteiger partial charge >= 0.3 is 12.0 Å². The van der Waals surface area contributed by atoms with Crippen LogP contribution in [-0.2, 0) is 4.79 Å². The van der Waals surface area contributed by atoms with Gasteiger partial charge in [-0.25, -0.2) is 4.79 Å². The quantitative estimate of drug-likeness (QED) is 0.795. The zero-order valence-corrected chi connectivity index (χ0v) is 11.3. The molecule has 1 saturated carbocycles. The molecular formula is C13H23N3O3. The van der Waals surface area contributed by atoms with Gasteiger partial charge in [0.05, 0.1) is 0 Å². The molecule has 2 fully saturated rings. The van der Waals surface area contributed by atoms with Crippen molar-refractivity contribution < 1.29 is 14.7 Å². The molecular weight excluding hydrogens is 246 g/mol. The van der Waals surface area contributed by atoms with Crippen molar-refractivity contribution >= 4 is 12.0 Å². The summed E-state index contributed by atoms with van der Waals surface area (Å²) in [6.45, 7) is 1.03. The van der Waals surface area contributed by atoms with Gasteiger partial charge in [0.1, 0.15) is 6.54 Å².